The van der Waals surface area contributed by atoms with Crippen LogP contribution in [-0.2, 0) is 11.3 Å². The van der Waals surface area contributed by atoms with Crippen LogP contribution in [0.2, 0.25) is 0 Å². The molecule has 1 aromatic carbocycles. The SMILES string of the molecule is COCCOc1ncccc1CNC(=O)c1ccc(SC)cc1. The minimum absolute atomic E-state index is 0.121. The van der Waals surface area contributed by atoms with Crippen molar-refractivity contribution in [3.05, 3.63) is 53.7 Å². The summed E-state index contributed by atoms with van der Waals surface area (Å²) in [6.07, 6.45) is 3.66. The lowest BCUT2D eigenvalue weighted by Gasteiger charge is -2.11. The molecular weight excluding hydrogens is 312 g/mol. The lowest BCUT2D eigenvalue weighted by molar-refractivity contribution is 0.0950. The van der Waals surface area contributed by atoms with Gasteiger partial charge >= 0.3 is 0 Å². The third kappa shape index (κ3) is 5.26. The van der Waals surface area contributed by atoms with Crippen molar-refractivity contribution >= 4 is 17.7 Å². The summed E-state index contributed by atoms with van der Waals surface area (Å²) >= 11 is 1.64. The Morgan fingerprint density at radius 2 is 2.00 bits per heavy atom. The molecule has 2 rings (SSSR count). The number of benzene rings is 1. The van der Waals surface area contributed by atoms with Gasteiger partial charge in [-0.05, 0) is 36.6 Å². The number of amides is 1. The molecule has 1 aromatic heterocycles. The molecule has 0 saturated carbocycles. The molecule has 122 valence electrons. The van der Waals surface area contributed by atoms with Gasteiger partial charge in [0.25, 0.3) is 5.91 Å². The lowest BCUT2D eigenvalue weighted by Crippen LogP contribution is -2.23. The standard InChI is InChI=1S/C17H20N2O3S/c1-21-10-11-22-17-14(4-3-9-18-17)12-19-16(20)13-5-7-15(23-2)8-6-13/h3-9H,10-12H2,1-2H3,(H,19,20). The molecule has 0 aliphatic rings. The Hall–Kier alpha value is -2.05. The summed E-state index contributed by atoms with van der Waals surface area (Å²) in [6, 6.07) is 11.2. The molecule has 0 aliphatic heterocycles. The third-order valence-electron chi connectivity index (χ3n) is 3.17. The highest BCUT2D eigenvalue weighted by molar-refractivity contribution is 7.98. The monoisotopic (exact) mass is 332 g/mol. The first-order valence-corrected chi connectivity index (χ1v) is 8.45. The van der Waals surface area contributed by atoms with E-state index in [-0.39, 0.29) is 5.91 Å². The number of nitrogens with one attached hydrogen (secondary N) is 1. The molecule has 2 aromatic rings. The van der Waals surface area contributed by atoms with Gasteiger partial charge in [0.1, 0.15) is 6.61 Å². The van der Waals surface area contributed by atoms with E-state index in [2.05, 4.69) is 10.3 Å². The van der Waals surface area contributed by atoms with Gasteiger partial charge in [0.15, 0.2) is 0 Å². The number of carbonyl (C=O) groups excluding carboxylic acids is 1. The Labute approximate surface area is 140 Å². The van der Waals surface area contributed by atoms with E-state index in [1.807, 2.05) is 42.7 Å². The molecule has 23 heavy (non-hydrogen) atoms. The van der Waals surface area contributed by atoms with Crippen molar-refractivity contribution in [2.45, 2.75) is 11.4 Å². The van der Waals surface area contributed by atoms with Gasteiger partial charge in [-0.25, -0.2) is 4.98 Å². The van der Waals surface area contributed by atoms with E-state index < -0.39 is 0 Å². The maximum atomic E-state index is 12.2. The Balaban J connectivity index is 1.95. The van der Waals surface area contributed by atoms with Gasteiger partial charge in [-0.2, -0.15) is 0 Å². The van der Waals surface area contributed by atoms with Crippen molar-refractivity contribution in [2.75, 3.05) is 26.6 Å². The smallest absolute Gasteiger partial charge is 0.251 e. The van der Waals surface area contributed by atoms with Crippen molar-refractivity contribution < 1.29 is 14.3 Å². The maximum absolute atomic E-state index is 12.2. The first-order valence-electron chi connectivity index (χ1n) is 7.22. The number of rotatable bonds is 8. The van der Waals surface area contributed by atoms with Gasteiger partial charge in [0, 0.05) is 35.9 Å². The predicted octanol–water partition coefficient (Wildman–Crippen LogP) is 2.76. The summed E-state index contributed by atoms with van der Waals surface area (Å²) in [7, 11) is 1.62. The molecule has 0 aliphatic carbocycles. The van der Waals surface area contributed by atoms with Crippen molar-refractivity contribution in [1.82, 2.24) is 10.3 Å². The first kappa shape index (κ1) is 17.3. The van der Waals surface area contributed by atoms with E-state index in [4.69, 9.17) is 9.47 Å². The van der Waals surface area contributed by atoms with Crippen molar-refractivity contribution in [3.8, 4) is 5.88 Å². The average Bonchev–Trinajstić information content (AvgIpc) is 2.61. The fraction of sp³-hybridized carbons (Fsp3) is 0.294. The highest BCUT2D eigenvalue weighted by atomic mass is 32.2. The summed E-state index contributed by atoms with van der Waals surface area (Å²) in [5, 5.41) is 2.89. The molecule has 0 unspecified atom stereocenters. The van der Waals surface area contributed by atoms with Crippen LogP contribution in [-0.4, -0.2) is 37.5 Å². The second-order valence-corrected chi connectivity index (χ2v) is 5.60. The minimum Gasteiger partial charge on any atom is -0.475 e. The van der Waals surface area contributed by atoms with Crippen LogP contribution >= 0.6 is 11.8 Å². The molecule has 0 bridgehead atoms. The summed E-state index contributed by atoms with van der Waals surface area (Å²) < 4.78 is 10.5. The average molecular weight is 332 g/mol. The fourth-order valence-electron chi connectivity index (χ4n) is 1.93. The highest BCUT2D eigenvalue weighted by Gasteiger charge is 2.09. The van der Waals surface area contributed by atoms with Gasteiger partial charge in [0.2, 0.25) is 5.88 Å². The van der Waals surface area contributed by atoms with Gasteiger partial charge < -0.3 is 14.8 Å². The van der Waals surface area contributed by atoms with Crippen LogP contribution in [0, 0.1) is 0 Å². The predicted molar refractivity (Wildman–Crippen MR) is 91.0 cm³/mol. The molecular formula is C17H20N2O3S. The number of carbonyl (C=O) groups is 1. The Morgan fingerprint density at radius 1 is 1.22 bits per heavy atom. The van der Waals surface area contributed by atoms with Crippen LogP contribution in [0.5, 0.6) is 5.88 Å². The molecule has 0 fully saturated rings. The molecule has 0 saturated heterocycles. The molecule has 1 N–H and O–H groups in total. The minimum atomic E-state index is -0.121. The summed E-state index contributed by atoms with van der Waals surface area (Å²) in [5.41, 5.74) is 1.46. The van der Waals surface area contributed by atoms with Gasteiger partial charge in [-0.15, -0.1) is 11.8 Å². The number of hydrogen-bond donors (Lipinski definition) is 1. The number of hydrogen-bond acceptors (Lipinski definition) is 5. The van der Waals surface area contributed by atoms with Crippen LogP contribution in [0.4, 0.5) is 0 Å². The number of methoxy groups -OCH3 is 1. The van der Waals surface area contributed by atoms with E-state index in [0.717, 1.165) is 10.5 Å². The number of aromatic nitrogens is 1. The van der Waals surface area contributed by atoms with Crippen molar-refractivity contribution in [1.29, 1.82) is 0 Å². The molecule has 1 heterocycles. The normalized spacial score (nSPS) is 10.3. The zero-order valence-electron chi connectivity index (χ0n) is 13.2. The van der Waals surface area contributed by atoms with E-state index >= 15 is 0 Å². The van der Waals surface area contributed by atoms with Crippen LogP contribution < -0.4 is 10.1 Å². The number of pyridine rings is 1. The first-order chi connectivity index (χ1) is 11.2. The van der Waals surface area contributed by atoms with E-state index in [9.17, 15) is 4.79 Å². The Kier molecular flexibility index (Phi) is 6.90. The topological polar surface area (TPSA) is 60.5 Å². The molecule has 0 radical (unpaired) electrons. The second-order valence-electron chi connectivity index (χ2n) is 4.72. The van der Waals surface area contributed by atoms with Crippen LogP contribution in [0.3, 0.4) is 0 Å². The van der Waals surface area contributed by atoms with Crippen molar-refractivity contribution in [3.63, 3.8) is 0 Å². The zero-order chi connectivity index (χ0) is 16.5. The van der Waals surface area contributed by atoms with Crippen LogP contribution in [0.25, 0.3) is 0 Å². The summed E-state index contributed by atoms with van der Waals surface area (Å²) in [4.78, 5) is 17.5. The van der Waals surface area contributed by atoms with Crippen LogP contribution in [0.1, 0.15) is 15.9 Å². The molecule has 1 amide bonds. The highest BCUT2D eigenvalue weighted by Crippen LogP contribution is 2.16. The second kappa shape index (κ2) is 9.17. The summed E-state index contributed by atoms with van der Waals surface area (Å²) in [6.45, 7) is 1.27. The van der Waals surface area contributed by atoms with Gasteiger partial charge in [-0.1, -0.05) is 6.07 Å². The Morgan fingerprint density at radius 3 is 2.70 bits per heavy atom. The van der Waals surface area contributed by atoms with Crippen LogP contribution in [0.15, 0.2) is 47.5 Å². The zero-order valence-corrected chi connectivity index (χ0v) is 14.1. The molecule has 0 spiro atoms. The van der Waals surface area contributed by atoms with Crippen molar-refractivity contribution in [2.24, 2.45) is 0 Å². The van der Waals surface area contributed by atoms with Gasteiger partial charge in [0.05, 0.1) is 6.61 Å². The molecule has 0 atom stereocenters. The molecule has 5 nitrogen and oxygen atoms in total. The fourth-order valence-corrected chi connectivity index (χ4v) is 2.34. The summed E-state index contributed by atoms with van der Waals surface area (Å²) in [5.74, 6) is 0.395. The molecule has 6 heteroatoms. The third-order valence-corrected chi connectivity index (χ3v) is 3.91. The van der Waals surface area contributed by atoms with E-state index in [1.165, 1.54) is 0 Å². The lowest BCUT2D eigenvalue weighted by atomic mass is 10.2. The maximum Gasteiger partial charge on any atom is 0.251 e. The number of thioether (sulfide) groups is 1. The number of nitrogens with zero attached hydrogens (tertiary/aromatic N) is 1. The Bertz CT molecular complexity index is 632. The van der Waals surface area contributed by atoms with E-state index in [0.29, 0.717) is 31.2 Å². The van der Waals surface area contributed by atoms with E-state index in [1.54, 1.807) is 25.1 Å². The largest absolute Gasteiger partial charge is 0.475 e. The quantitative estimate of drug-likeness (QED) is 0.595. The van der Waals surface area contributed by atoms with Gasteiger partial charge in [-0.3, -0.25) is 4.79 Å². The number of ether oxygens (including phenoxy) is 2.